The average molecular weight is 234 g/mol. The molecule has 2 rings (SSSR count). The lowest BCUT2D eigenvalue weighted by molar-refractivity contribution is -0.120. The highest BCUT2D eigenvalue weighted by molar-refractivity contribution is 5.75. The SMILES string of the molecule is CCC(=O)NCCn1c(=O)oc2ccccc21. The zero-order valence-electron chi connectivity index (χ0n) is 9.60. The second-order valence-corrected chi connectivity index (χ2v) is 3.69. The lowest BCUT2D eigenvalue weighted by atomic mass is 10.3. The Morgan fingerprint density at radius 1 is 1.41 bits per heavy atom. The van der Waals surface area contributed by atoms with E-state index in [2.05, 4.69) is 5.32 Å². The normalized spacial score (nSPS) is 10.6. The van der Waals surface area contributed by atoms with Gasteiger partial charge >= 0.3 is 5.76 Å². The summed E-state index contributed by atoms with van der Waals surface area (Å²) in [5.41, 5.74) is 1.32. The van der Waals surface area contributed by atoms with E-state index in [1.807, 2.05) is 18.2 Å². The molecule has 0 spiro atoms. The maximum absolute atomic E-state index is 11.6. The Labute approximate surface area is 98.0 Å². The lowest BCUT2D eigenvalue weighted by Gasteiger charge is -2.03. The molecule has 1 amide bonds. The third-order valence-electron chi connectivity index (χ3n) is 2.55. The van der Waals surface area contributed by atoms with E-state index in [1.54, 1.807) is 13.0 Å². The number of hydrogen-bond acceptors (Lipinski definition) is 3. The van der Waals surface area contributed by atoms with Gasteiger partial charge in [0.05, 0.1) is 5.52 Å². The minimum absolute atomic E-state index is 0.0224. The van der Waals surface area contributed by atoms with Crippen molar-refractivity contribution in [3.63, 3.8) is 0 Å². The van der Waals surface area contributed by atoms with Crippen molar-refractivity contribution in [2.75, 3.05) is 6.54 Å². The first-order chi connectivity index (χ1) is 8.22. The van der Waals surface area contributed by atoms with Crippen molar-refractivity contribution in [2.24, 2.45) is 0 Å². The monoisotopic (exact) mass is 234 g/mol. The largest absolute Gasteiger partial charge is 0.420 e. The molecule has 90 valence electrons. The smallest absolute Gasteiger partial charge is 0.408 e. The Kier molecular flexibility index (Phi) is 3.27. The number of nitrogens with one attached hydrogen (secondary N) is 1. The summed E-state index contributed by atoms with van der Waals surface area (Å²) >= 11 is 0. The van der Waals surface area contributed by atoms with Crippen molar-refractivity contribution in [3.8, 4) is 0 Å². The van der Waals surface area contributed by atoms with E-state index in [9.17, 15) is 9.59 Å². The Balaban J connectivity index is 2.15. The molecule has 0 radical (unpaired) electrons. The number of oxazole rings is 1. The van der Waals surface area contributed by atoms with Crippen LogP contribution < -0.4 is 11.1 Å². The molecule has 0 saturated carbocycles. The average Bonchev–Trinajstić information content (AvgIpc) is 2.66. The molecule has 0 fully saturated rings. The maximum atomic E-state index is 11.6. The van der Waals surface area contributed by atoms with Gasteiger partial charge in [-0.3, -0.25) is 9.36 Å². The molecule has 17 heavy (non-hydrogen) atoms. The van der Waals surface area contributed by atoms with Gasteiger partial charge < -0.3 is 9.73 Å². The van der Waals surface area contributed by atoms with Gasteiger partial charge in [-0.15, -0.1) is 0 Å². The number of para-hydroxylation sites is 2. The number of carbonyl (C=O) groups is 1. The van der Waals surface area contributed by atoms with Crippen LogP contribution in [0.1, 0.15) is 13.3 Å². The predicted molar refractivity (Wildman–Crippen MR) is 63.8 cm³/mol. The van der Waals surface area contributed by atoms with Crippen LogP contribution in [0.2, 0.25) is 0 Å². The number of fused-ring (bicyclic) bond motifs is 1. The second-order valence-electron chi connectivity index (χ2n) is 3.69. The Bertz CT molecular complexity index is 583. The third kappa shape index (κ3) is 2.38. The number of amides is 1. The first-order valence-corrected chi connectivity index (χ1v) is 5.57. The number of hydrogen-bond donors (Lipinski definition) is 1. The summed E-state index contributed by atoms with van der Waals surface area (Å²) in [6.45, 7) is 2.63. The van der Waals surface area contributed by atoms with Gasteiger partial charge in [0.25, 0.3) is 0 Å². The second kappa shape index (κ2) is 4.86. The van der Waals surface area contributed by atoms with Crippen molar-refractivity contribution >= 4 is 17.0 Å². The predicted octanol–water partition coefficient (Wildman–Crippen LogP) is 1.12. The maximum Gasteiger partial charge on any atom is 0.420 e. The Hall–Kier alpha value is -2.04. The first kappa shape index (κ1) is 11.4. The highest BCUT2D eigenvalue weighted by atomic mass is 16.4. The zero-order valence-corrected chi connectivity index (χ0v) is 9.60. The van der Waals surface area contributed by atoms with Crippen LogP contribution in [-0.2, 0) is 11.3 Å². The number of aromatic nitrogens is 1. The molecule has 0 aliphatic heterocycles. The quantitative estimate of drug-likeness (QED) is 0.862. The molecule has 1 N–H and O–H groups in total. The van der Waals surface area contributed by atoms with E-state index >= 15 is 0 Å². The first-order valence-electron chi connectivity index (χ1n) is 5.57. The molecule has 0 unspecified atom stereocenters. The molecule has 1 aromatic heterocycles. The van der Waals surface area contributed by atoms with Crippen LogP contribution in [0.15, 0.2) is 33.5 Å². The van der Waals surface area contributed by atoms with Crippen LogP contribution in [0.3, 0.4) is 0 Å². The molecule has 2 aromatic rings. The Morgan fingerprint density at radius 3 is 2.94 bits per heavy atom. The molecule has 5 heteroatoms. The fraction of sp³-hybridized carbons (Fsp3) is 0.333. The molecular weight excluding hydrogens is 220 g/mol. The highest BCUT2D eigenvalue weighted by Crippen LogP contribution is 2.10. The summed E-state index contributed by atoms with van der Waals surface area (Å²) in [6.07, 6.45) is 0.445. The van der Waals surface area contributed by atoms with Crippen LogP contribution in [0, 0.1) is 0 Å². The van der Waals surface area contributed by atoms with E-state index in [1.165, 1.54) is 4.57 Å². The summed E-state index contributed by atoms with van der Waals surface area (Å²) in [5.74, 6) is -0.414. The molecule has 0 saturated heterocycles. The van der Waals surface area contributed by atoms with Crippen molar-refractivity contribution in [3.05, 3.63) is 34.8 Å². The van der Waals surface area contributed by atoms with Gasteiger partial charge in [-0.1, -0.05) is 19.1 Å². The summed E-state index contributed by atoms with van der Waals surface area (Å²) in [6, 6.07) is 7.23. The summed E-state index contributed by atoms with van der Waals surface area (Å²) in [4.78, 5) is 22.6. The van der Waals surface area contributed by atoms with Crippen LogP contribution in [-0.4, -0.2) is 17.0 Å². The van der Waals surface area contributed by atoms with Crippen molar-refractivity contribution < 1.29 is 9.21 Å². The van der Waals surface area contributed by atoms with Crippen molar-refractivity contribution in [1.82, 2.24) is 9.88 Å². The zero-order chi connectivity index (χ0) is 12.3. The number of benzene rings is 1. The van der Waals surface area contributed by atoms with Gasteiger partial charge in [0.1, 0.15) is 0 Å². The topological polar surface area (TPSA) is 64.2 Å². The minimum atomic E-state index is -0.392. The van der Waals surface area contributed by atoms with Crippen molar-refractivity contribution in [2.45, 2.75) is 19.9 Å². The van der Waals surface area contributed by atoms with E-state index in [-0.39, 0.29) is 5.91 Å². The van der Waals surface area contributed by atoms with Gasteiger partial charge in [-0.05, 0) is 12.1 Å². The molecule has 1 aromatic carbocycles. The standard InChI is InChI=1S/C12H14N2O3/c1-2-11(15)13-7-8-14-9-5-3-4-6-10(9)17-12(14)16/h3-6H,2,7-8H2,1H3,(H,13,15). The van der Waals surface area contributed by atoms with E-state index in [0.717, 1.165) is 5.52 Å². The molecule has 0 aliphatic rings. The Morgan fingerprint density at radius 2 is 2.18 bits per heavy atom. The number of nitrogens with zero attached hydrogens (tertiary/aromatic N) is 1. The molecular formula is C12H14N2O3. The van der Waals surface area contributed by atoms with Gasteiger partial charge in [-0.25, -0.2) is 4.79 Å². The van der Waals surface area contributed by atoms with Gasteiger partial charge in [0, 0.05) is 19.5 Å². The molecule has 0 atom stereocenters. The summed E-state index contributed by atoms with van der Waals surface area (Å²) < 4.78 is 6.60. The van der Waals surface area contributed by atoms with Gasteiger partial charge in [-0.2, -0.15) is 0 Å². The van der Waals surface area contributed by atoms with Crippen molar-refractivity contribution in [1.29, 1.82) is 0 Å². The van der Waals surface area contributed by atoms with E-state index in [4.69, 9.17) is 4.42 Å². The fourth-order valence-corrected chi connectivity index (χ4v) is 1.66. The van der Waals surface area contributed by atoms with Crippen LogP contribution >= 0.6 is 0 Å². The highest BCUT2D eigenvalue weighted by Gasteiger charge is 2.07. The van der Waals surface area contributed by atoms with E-state index in [0.29, 0.717) is 25.1 Å². The fourth-order valence-electron chi connectivity index (χ4n) is 1.66. The lowest BCUT2D eigenvalue weighted by Crippen LogP contribution is -2.28. The van der Waals surface area contributed by atoms with Crippen LogP contribution in [0.5, 0.6) is 0 Å². The molecule has 5 nitrogen and oxygen atoms in total. The number of rotatable bonds is 4. The third-order valence-corrected chi connectivity index (χ3v) is 2.55. The molecule has 1 heterocycles. The van der Waals surface area contributed by atoms with E-state index < -0.39 is 5.76 Å². The summed E-state index contributed by atoms with van der Waals surface area (Å²) in [5, 5.41) is 2.72. The number of carbonyl (C=O) groups excluding carboxylic acids is 1. The minimum Gasteiger partial charge on any atom is -0.408 e. The molecule has 0 bridgehead atoms. The van der Waals surface area contributed by atoms with Crippen LogP contribution in [0.4, 0.5) is 0 Å². The van der Waals surface area contributed by atoms with Gasteiger partial charge in [0.2, 0.25) is 5.91 Å². The summed E-state index contributed by atoms with van der Waals surface area (Å²) in [7, 11) is 0. The van der Waals surface area contributed by atoms with Crippen LogP contribution in [0.25, 0.3) is 11.1 Å². The van der Waals surface area contributed by atoms with Gasteiger partial charge in [0.15, 0.2) is 5.58 Å². The molecule has 0 aliphatic carbocycles.